The third-order valence-electron chi connectivity index (χ3n) is 8.53. The fourth-order valence-electron chi connectivity index (χ4n) is 7.26. The summed E-state index contributed by atoms with van der Waals surface area (Å²) in [5.74, 6) is 3.57. The van der Waals surface area contributed by atoms with E-state index in [9.17, 15) is 4.79 Å². The van der Waals surface area contributed by atoms with Crippen LogP contribution in [-0.4, -0.2) is 20.2 Å². The highest BCUT2D eigenvalue weighted by Crippen LogP contribution is 2.71. The molecule has 0 unspecified atom stereocenters. The number of hydrogen-bond donors (Lipinski definition) is 0. The van der Waals surface area contributed by atoms with E-state index < -0.39 is 10.3 Å². The molecule has 0 amide bonds. The molecule has 188 valence electrons. The Balaban J connectivity index is 1.50. The first-order valence-corrected chi connectivity index (χ1v) is 14.5. The summed E-state index contributed by atoms with van der Waals surface area (Å²) in [6.45, 7) is 0. The van der Waals surface area contributed by atoms with Crippen molar-refractivity contribution in [3.05, 3.63) is 78.9 Å². The summed E-state index contributed by atoms with van der Waals surface area (Å²) in [6.07, 6.45) is 6.81. The minimum Gasteiger partial charge on any atom is -0.497 e. The first-order chi connectivity index (χ1) is 17.5. The molecule has 0 spiro atoms. The fourth-order valence-corrected chi connectivity index (χ4v) is 10.4. The number of carbonyl (C=O) groups excluding carboxylic acids is 1. The summed E-state index contributed by atoms with van der Waals surface area (Å²) in [5.41, 5.74) is -0.347. The lowest BCUT2D eigenvalue weighted by molar-refractivity contribution is -0.160. The lowest BCUT2D eigenvalue weighted by Crippen LogP contribution is -2.50. The molecule has 0 atom stereocenters. The van der Waals surface area contributed by atoms with Crippen LogP contribution in [0.4, 0.5) is 0 Å². The van der Waals surface area contributed by atoms with Gasteiger partial charge in [0.05, 0.1) is 19.6 Å². The SMILES string of the molecule is COc1ccc(S(OC(=O)C23CC4CC(CC(C4)C2)C3)(c2ccccc2)c2ccc(OC)cc2)cc1. The highest BCUT2D eigenvalue weighted by Gasteiger charge is 2.57. The summed E-state index contributed by atoms with van der Waals surface area (Å²) in [7, 11) is 1.00. The van der Waals surface area contributed by atoms with E-state index in [-0.39, 0.29) is 11.4 Å². The van der Waals surface area contributed by atoms with Gasteiger partial charge in [-0.1, -0.05) is 18.2 Å². The van der Waals surface area contributed by atoms with E-state index >= 15 is 0 Å². The number of hydrogen-bond acceptors (Lipinski definition) is 4. The average Bonchev–Trinajstić information content (AvgIpc) is 2.91. The van der Waals surface area contributed by atoms with Gasteiger partial charge in [-0.3, -0.25) is 4.79 Å². The minimum absolute atomic E-state index is 0.00732. The molecule has 0 radical (unpaired) electrons. The second kappa shape index (κ2) is 9.19. The number of methoxy groups -OCH3 is 2. The van der Waals surface area contributed by atoms with E-state index in [0.717, 1.165) is 45.4 Å². The molecule has 4 saturated carbocycles. The molecule has 7 rings (SSSR count). The van der Waals surface area contributed by atoms with Crippen molar-refractivity contribution in [1.82, 2.24) is 0 Å². The zero-order valence-corrected chi connectivity index (χ0v) is 21.8. The molecule has 0 N–H and O–H groups in total. The maximum Gasteiger partial charge on any atom is 0.323 e. The van der Waals surface area contributed by atoms with Crippen LogP contribution in [0.2, 0.25) is 0 Å². The molecule has 0 saturated heterocycles. The largest absolute Gasteiger partial charge is 0.497 e. The molecule has 4 nitrogen and oxygen atoms in total. The van der Waals surface area contributed by atoms with Crippen molar-refractivity contribution < 1.29 is 18.5 Å². The van der Waals surface area contributed by atoms with Crippen LogP contribution in [0.5, 0.6) is 11.5 Å². The second-order valence-electron chi connectivity index (χ2n) is 10.8. The molecule has 0 heterocycles. The monoisotopic (exact) mass is 502 g/mol. The van der Waals surface area contributed by atoms with Crippen LogP contribution in [0.3, 0.4) is 0 Å². The van der Waals surface area contributed by atoms with E-state index in [4.69, 9.17) is 13.7 Å². The predicted molar refractivity (Wildman–Crippen MR) is 142 cm³/mol. The Morgan fingerprint density at radius 2 is 1.08 bits per heavy atom. The average molecular weight is 503 g/mol. The van der Waals surface area contributed by atoms with Gasteiger partial charge in [0, 0.05) is 14.7 Å². The van der Waals surface area contributed by atoms with E-state index in [2.05, 4.69) is 36.4 Å². The molecule has 4 fully saturated rings. The normalized spacial score (nSPS) is 26.9. The fraction of sp³-hybridized carbons (Fsp3) is 0.387. The zero-order valence-electron chi connectivity index (χ0n) is 21.0. The van der Waals surface area contributed by atoms with Gasteiger partial charge < -0.3 is 13.7 Å². The van der Waals surface area contributed by atoms with Crippen molar-refractivity contribution in [3.8, 4) is 11.5 Å². The molecule has 4 aliphatic carbocycles. The number of carbonyl (C=O) groups is 1. The standard InChI is InChI=1S/C31H34O4S/c1-33-25-8-12-28(13-9-25)36(27-6-4-3-5-7-27,29-14-10-26(34-2)11-15-29)35-30(32)31-19-22-16-23(20-31)18-24(17-22)21-31/h3-15,22-24H,16-21H2,1-2H3. The Bertz CT molecular complexity index is 1140. The topological polar surface area (TPSA) is 44.8 Å². The van der Waals surface area contributed by atoms with Crippen LogP contribution in [0.15, 0.2) is 93.5 Å². The molecule has 36 heavy (non-hydrogen) atoms. The Hall–Kier alpha value is -2.92. The summed E-state index contributed by atoms with van der Waals surface area (Å²) in [4.78, 5) is 17.4. The first kappa shape index (κ1) is 23.5. The summed E-state index contributed by atoms with van der Waals surface area (Å²) >= 11 is 0. The smallest absolute Gasteiger partial charge is 0.323 e. The molecule has 0 aliphatic heterocycles. The van der Waals surface area contributed by atoms with Crippen LogP contribution < -0.4 is 9.47 Å². The van der Waals surface area contributed by atoms with Gasteiger partial charge in [-0.05, 0) is 127 Å². The van der Waals surface area contributed by atoms with Gasteiger partial charge in [-0.25, -0.2) is 0 Å². The third kappa shape index (κ3) is 3.88. The van der Waals surface area contributed by atoms with Crippen LogP contribution in [0, 0.1) is 23.2 Å². The Labute approximate surface area is 215 Å². The van der Waals surface area contributed by atoms with Gasteiger partial charge in [0.25, 0.3) is 0 Å². The van der Waals surface area contributed by atoms with Crippen molar-refractivity contribution in [2.75, 3.05) is 14.2 Å². The molecule has 3 aromatic carbocycles. The summed E-state index contributed by atoms with van der Waals surface area (Å²) in [5, 5.41) is 0. The molecule has 4 bridgehead atoms. The van der Waals surface area contributed by atoms with Crippen molar-refractivity contribution in [2.45, 2.75) is 53.2 Å². The maximum absolute atomic E-state index is 14.4. The van der Waals surface area contributed by atoms with E-state index in [1.807, 2.05) is 42.5 Å². The van der Waals surface area contributed by atoms with Crippen LogP contribution in [-0.2, 0) is 8.98 Å². The molecule has 4 aliphatic rings. The molecular weight excluding hydrogens is 468 g/mol. The van der Waals surface area contributed by atoms with Gasteiger partial charge >= 0.3 is 5.97 Å². The van der Waals surface area contributed by atoms with E-state index in [1.165, 1.54) is 19.3 Å². The van der Waals surface area contributed by atoms with Crippen LogP contribution in [0.1, 0.15) is 38.5 Å². The second-order valence-corrected chi connectivity index (χ2v) is 13.5. The lowest BCUT2D eigenvalue weighted by Gasteiger charge is -2.56. The number of rotatable bonds is 7. The highest BCUT2D eigenvalue weighted by molar-refractivity contribution is 8.30. The summed E-state index contributed by atoms with van der Waals surface area (Å²) in [6, 6.07) is 26.3. The molecule has 3 aromatic rings. The Morgan fingerprint density at radius 1 is 0.667 bits per heavy atom. The first-order valence-electron chi connectivity index (χ1n) is 13.0. The number of benzene rings is 3. The number of ether oxygens (including phenoxy) is 2. The van der Waals surface area contributed by atoms with E-state index in [1.54, 1.807) is 14.2 Å². The van der Waals surface area contributed by atoms with E-state index in [0.29, 0.717) is 17.8 Å². The molecule has 5 heteroatoms. The van der Waals surface area contributed by atoms with Gasteiger partial charge in [-0.2, -0.15) is 0 Å². The highest BCUT2D eigenvalue weighted by atomic mass is 32.3. The molecular formula is C31H34O4S. The van der Waals surface area contributed by atoms with Crippen LogP contribution in [0.25, 0.3) is 0 Å². The maximum atomic E-state index is 14.4. The van der Waals surface area contributed by atoms with Gasteiger partial charge in [-0.15, -0.1) is 0 Å². The third-order valence-corrected chi connectivity index (χ3v) is 11.7. The zero-order chi connectivity index (χ0) is 24.8. The minimum atomic E-state index is -2.34. The molecule has 0 aromatic heterocycles. The van der Waals surface area contributed by atoms with Crippen molar-refractivity contribution >= 4 is 16.3 Å². The van der Waals surface area contributed by atoms with Crippen molar-refractivity contribution in [2.24, 2.45) is 23.2 Å². The van der Waals surface area contributed by atoms with Crippen LogP contribution >= 0.6 is 10.3 Å². The van der Waals surface area contributed by atoms with Gasteiger partial charge in [0.1, 0.15) is 11.5 Å². The summed E-state index contributed by atoms with van der Waals surface area (Å²) < 4.78 is 17.9. The Morgan fingerprint density at radius 3 is 1.50 bits per heavy atom. The predicted octanol–water partition coefficient (Wildman–Crippen LogP) is 7.66. The quantitative estimate of drug-likeness (QED) is 0.333. The Kier molecular flexibility index (Phi) is 5.99. The van der Waals surface area contributed by atoms with Gasteiger partial charge in [0.2, 0.25) is 0 Å². The van der Waals surface area contributed by atoms with Gasteiger partial charge in [0.15, 0.2) is 0 Å². The van der Waals surface area contributed by atoms with Crippen molar-refractivity contribution in [3.63, 3.8) is 0 Å². The lowest BCUT2D eigenvalue weighted by atomic mass is 9.49. The van der Waals surface area contributed by atoms with Crippen molar-refractivity contribution in [1.29, 1.82) is 0 Å².